The highest BCUT2D eigenvalue weighted by Crippen LogP contribution is 2.68. The van der Waals surface area contributed by atoms with Gasteiger partial charge in [-0.05, 0) is 203 Å². The average molecular weight is 921 g/mol. The molecule has 9 aliphatic carbocycles. The summed E-state index contributed by atoms with van der Waals surface area (Å²) < 4.78 is 6.21. The van der Waals surface area contributed by atoms with Gasteiger partial charge in [0.2, 0.25) is 0 Å². The highest BCUT2D eigenvalue weighted by molar-refractivity contribution is 5.94. The summed E-state index contributed by atoms with van der Waals surface area (Å²) in [4.78, 5) is 34.9. The van der Waals surface area contributed by atoms with E-state index in [0.717, 1.165) is 79.4 Å². The van der Waals surface area contributed by atoms with E-state index in [1.807, 2.05) is 23.2 Å². The topological polar surface area (TPSA) is 83.4 Å². The van der Waals surface area contributed by atoms with Gasteiger partial charge in [0.1, 0.15) is 0 Å². The average Bonchev–Trinajstić information content (AvgIpc) is 3.36. The fraction of sp³-hybridized carbons (Fsp3) is 0.613. The van der Waals surface area contributed by atoms with Gasteiger partial charge in [0.05, 0.1) is 11.1 Å². The molecule has 0 radical (unpaired) electrons. The molecule has 1 saturated heterocycles. The minimum atomic E-state index is -0.903. The molecule has 6 heteroatoms. The van der Waals surface area contributed by atoms with E-state index in [1.165, 1.54) is 141 Å². The summed E-state index contributed by atoms with van der Waals surface area (Å²) in [6, 6.07) is 30.4. The third-order valence-electron chi connectivity index (χ3n) is 18.2. The fourth-order valence-electron chi connectivity index (χ4n) is 16.3. The van der Waals surface area contributed by atoms with Gasteiger partial charge in [-0.1, -0.05) is 120 Å². The monoisotopic (exact) mass is 921 g/mol. The summed E-state index contributed by atoms with van der Waals surface area (Å²) in [7, 11) is 0. The van der Waals surface area contributed by atoms with Crippen LogP contribution in [-0.4, -0.2) is 44.9 Å². The van der Waals surface area contributed by atoms with E-state index in [9.17, 15) is 9.59 Å². The van der Waals surface area contributed by atoms with E-state index >= 15 is 0 Å². The number of hydrogen-bond donors (Lipinski definition) is 1. The standard InChI is InChI=1S/C29H36N2O.C24H27NO2.C6H12.C2H6.CH4/c32-27(31-13-5-2-6-14-31)24-9-10-26(30-20-24)11-12-28-16-22-15-23(17-28)19-29(18-22,21-28)25-7-3-1-4-8-25;26-22(27)19-6-7-21(25-15-19)8-9-23-11-17-10-18(12-23)14-24(13-17,16-23)20-4-2-1-3-5-20;1-2-4-6-5-3-1;1-2;/h1,3-4,7-10,20,22-23H,2,5-6,11-19,21H2;1-7,15,17-18H,8-14,16H2,(H,26,27);1-6H2;1-2H3;1H4/i;;;1D;. The number of carbonyl (C=O) groups is 2. The Hall–Kier alpha value is -4.32. The molecular formula is C62H85N3O3. The number of piperidine rings is 1. The maximum atomic E-state index is 12.8. The van der Waals surface area contributed by atoms with Crippen molar-refractivity contribution in [1.29, 1.82) is 0 Å². The number of amides is 1. The molecule has 4 atom stereocenters. The predicted molar refractivity (Wildman–Crippen MR) is 278 cm³/mol. The van der Waals surface area contributed by atoms with Crippen LogP contribution in [0.5, 0.6) is 0 Å². The first-order valence-electron chi connectivity index (χ1n) is 27.6. The number of nitrogens with zero attached hydrogens (tertiary/aromatic N) is 3. The predicted octanol–water partition coefficient (Wildman–Crippen LogP) is 15.4. The van der Waals surface area contributed by atoms with Crippen LogP contribution >= 0.6 is 0 Å². The third kappa shape index (κ3) is 11.3. The molecule has 6 nitrogen and oxygen atoms in total. The second kappa shape index (κ2) is 22.2. The smallest absolute Gasteiger partial charge is 0.337 e. The molecule has 2 aromatic heterocycles. The lowest BCUT2D eigenvalue weighted by Gasteiger charge is -2.63. The number of carboxylic acid groups (broad SMARTS) is 1. The highest BCUT2D eigenvalue weighted by atomic mass is 16.4. The Balaban J connectivity index is 0.000000157. The SMILES string of the molecule is C.C1CCCCC1.O=C(O)c1ccc(CCC23CC4CC(C2)CC(c2ccccc2)(C4)C3)nc1.O=C(c1ccc(CCC23CC4CC(C2)CC(c2ccccc2)(C4)C3)nc1)N1CCCCC1.[2H]CC. The molecule has 1 aliphatic heterocycles. The van der Waals surface area contributed by atoms with Crippen LogP contribution in [0, 0.1) is 34.5 Å². The summed E-state index contributed by atoms with van der Waals surface area (Å²) in [5.74, 6) is 2.85. The van der Waals surface area contributed by atoms with Crippen LogP contribution in [0.25, 0.3) is 0 Å². The Bertz CT molecular complexity index is 2200. The lowest BCUT2D eigenvalue weighted by Crippen LogP contribution is -2.54. The fourth-order valence-corrected chi connectivity index (χ4v) is 16.3. The number of benzene rings is 2. The quantitative estimate of drug-likeness (QED) is 0.171. The van der Waals surface area contributed by atoms with Gasteiger partial charge in [-0.2, -0.15) is 0 Å². The first-order chi connectivity index (χ1) is 33.1. The second-order valence-corrected chi connectivity index (χ2v) is 23.1. The van der Waals surface area contributed by atoms with Crippen LogP contribution in [0.3, 0.4) is 0 Å². The number of carboxylic acids is 1. The molecule has 14 rings (SSSR count). The van der Waals surface area contributed by atoms with E-state index < -0.39 is 5.97 Å². The van der Waals surface area contributed by atoms with Crippen molar-refractivity contribution in [3.63, 3.8) is 0 Å². The van der Waals surface area contributed by atoms with Gasteiger partial charge in [-0.25, -0.2) is 4.79 Å². The van der Waals surface area contributed by atoms with Crippen molar-refractivity contribution in [1.82, 2.24) is 14.9 Å². The third-order valence-corrected chi connectivity index (χ3v) is 18.2. The minimum Gasteiger partial charge on any atom is -0.478 e. The normalized spacial score (nSPS) is 31.6. The van der Waals surface area contributed by atoms with Crippen molar-refractivity contribution in [3.8, 4) is 0 Å². The Kier molecular flexibility index (Phi) is 15.9. The highest BCUT2D eigenvalue weighted by Gasteiger charge is 2.59. The summed E-state index contributed by atoms with van der Waals surface area (Å²) in [5, 5.41) is 9.06. The first kappa shape index (κ1) is 48.7. The minimum absolute atomic E-state index is 0. The van der Waals surface area contributed by atoms with Crippen LogP contribution in [0.15, 0.2) is 97.3 Å². The number of aromatic nitrogens is 2. The Morgan fingerprint density at radius 3 is 1.32 bits per heavy atom. The molecule has 4 unspecified atom stereocenters. The van der Waals surface area contributed by atoms with Gasteiger partial charge in [-0.15, -0.1) is 0 Å². The Labute approximate surface area is 412 Å². The number of pyridine rings is 2. The van der Waals surface area contributed by atoms with E-state index in [1.54, 1.807) is 24.1 Å². The molecule has 68 heavy (non-hydrogen) atoms. The summed E-state index contributed by atoms with van der Waals surface area (Å²) in [6.45, 7) is 4.09. The van der Waals surface area contributed by atoms with E-state index in [0.29, 0.717) is 28.6 Å². The molecular weight excluding hydrogens is 835 g/mol. The summed E-state index contributed by atoms with van der Waals surface area (Å²) in [5.41, 5.74) is 8.13. The molecule has 1 amide bonds. The van der Waals surface area contributed by atoms with Gasteiger partial charge in [0, 0.05) is 38.2 Å². The van der Waals surface area contributed by atoms with Crippen LogP contribution in [-0.2, 0) is 23.7 Å². The zero-order valence-electron chi connectivity index (χ0n) is 42.0. The molecule has 10 aliphatic rings. The van der Waals surface area contributed by atoms with Crippen molar-refractivity contribution in [2.24, 2.45) is 34.5 Å². The Morgan fingerprint density at radius 1 is 0.574 bits per heavy atom. The van der Waals surface area contributed by atoms with Crippen molar-refractivity contribution >= 4 is 11.9 Å². The molecule has 1 N–H and O–H groups in total. The Morgan fingerprint density at radius 2 is 0.956 bits per heavy atom. The zero-order valence-corrected chi connectivity index (χ0v) is 41.0. The lowest BCUT2D eigenvalue weighted by molar-refractivity contribution is -0.0762. The number of aryl methyl sites for hydroxylation is 2. The lowest BCUT2D eigenvalue weighted by atomic mass is 9.42. The van der Waals surface area contributed by atoms with Gasteiger partial charge < -0.3 is 10.0 Å². The summed E-state index contributed by atoms with van der Waals surface area (Å²) in [6.07, 6.45) is 37.0. The van der Waals surface area contributed by atoms with Crippen LogP contribution in [0.4, 0.5) is 0 Å². The maximum Gasteiger partial charge on any atom is 0.337 e. The molecule has 0 spiro atoms. The van der Waals surface area contributed by atoms with Gasteiger partial charge in [0.15, 0.2) is 0 Å². The molecule has 9 saturated carbocycles. The number of likely N-dealkylation sites (tertiary alicyclic amines) is 1. The van der Waals surface area contributed by atoms with E-state index in [2.05, 4.69) is 71.7 Å². The molecule has 366 valence electrons. The van der Waals surface area contributed by atoms with Gasteiger partial charge >= 0.3 is 5.97 Å². The first-order valence-corrected chi connectivity index (χ1v) is 26.9. The van der Waals surface area contributed by atoms with Crippen molar-refractivity contribution in [3.05, 3.63) is 131 Å². The van der Waals surface area contributed by atoms with Crippen LogP contribution < -0.4 is 0 Å². The number of aromatic carboxylic acids is 1. The molecule has 3 heterocycles. The number of hydrogen-bond acceptors (Lipinski definition) is 4. The van der Waals surface area contributed by atoms with Crippen molar-refractivity contribution < 1.29 is 16.1 Å². The largest absolute Gasteiger partial charge is 0.478 e. The van der Waals surface area contributed by atoms with Crippen LogP contribution in [0.1, 0.15) is 214 Å². The van der Waals surface area contributed by atoms with E-state index in [4.69, 9.17) is 11.5 Å². The maximum absolute atomic E-state index is 12.8. The molecule has 4 aromatic rings. The molecule has 8 bridgehead atoms. The second-order valence-electron chi connectivity index (χ2n) is 23.1. The van der Waals surface area contributed by atoms with Crippen molar-refractivity contribution in [2.75, 3.05) is 13.1 Å². The number of rotatable bonds is 10. The van der Waals surface area contributed by atoms with E-state index in [-0.39, 0.29) is 18.9 Å². The molecule has 2 aromatic carbocycles. The van der Waals surface area contributed by atoms with Crippen LogP contribution in [0.2, 0.25) is 0 Å². The van der Waals surface area contributed by atoms with Crippen molar-refractivity contribution in [2.45, 2.75) is 193 Å². The zero-order chi connectivity index (χ0) is 47.0. The molecule has 10 fully saturated rings. The number of carbonyl (C=O) groups excluding carboxylic acids is 1. The van der Waals surface area contributed by atoms with Gasteiger partial charge in [-0.3, -0.25) is 14.8 Å². The summed E-state index contributed by atoms with van der Waals surface area (Å²) >= 11 is 0. The van der Waals surface area contributed by atoms with Gasteiger partial charge in [0.25, 0.3) is 5.91 Å².